The minimum atomic E-state index is -0.483. The van der Waals surface area contributed by atoms with Crippen LogP contribution >= 0.6 is 11.6 Å². The van der Waals surface area contributed by atoms with Crippen LogP contribution in [0.4, 0.5) is 0 Å². The monoisotopic (exact) mass is 337 g/mol. The second kappa shape index (κ2) is 6.57. The van der Waals surface area contributed by atoms with Crippen LogP contribution in [0.3, 0.4) is 0 Å². The molecule has 0 fully saturated rings. The largest absolute Gasteiger partial charge is 0.497 e. The lowest BCUT2D eigenvalue weighted by molar-refractivity contribution is 0.415. The molecule has 24 heavy (non-hydrogen) atoms. The van der Waals surface area contributed by atoms with Crippen molar-refractivity contribution in [3.8, 4) is 34.5 Å². The Morgan fingerprint density at radius 1 is 1.08 bits per heavy atom. The molecular formula is C18H12ClN3O2. The number of nitriles is 1. The number of methoxy groups -OCH3 is 1. The molecule has 0 bridgehead atoms. The molecule has 0 aliphatic rings. The number of halogens is 1. The first-order chi connectivity index (χ1) is 11.6. The molecule has 0 atom stereocenters. The number of aromatic nitrogens is 2. The van der Waals surface area contributed by atoms with Crippen molar-refractivity contribution in [3.05, 3.63) is 69.5 Å². The van der Waals surface area contributed by atoms with E-state index in [0.29, 0.717) is 33.4 Å². The van der Waals surface area contributed by atoms with E-state index in [4.69, 9.17) is 16.3 Å². The lowest BCUT2D eigenvalue weighted by atomic mass is 10.1. The number of nitrogens with zero attached hydrogens (tertiary/aromatic N) is 2. The topological polar surface area (TPSA) is 78.8 Å². The van der Waals surface area contributed by atoms with Crippen molar-refractivity contribution >= 4 is 11.6 Å². The van der Waals surface area contributed by atoms with E-state index in [1.807, 2.05) is 6.07 Å². The standard InChI is InChI=1S/C18H12ClN3O2/c1-24-14-8-4-11(5-9-14)16-15(10-20)18(23)22-17(21-16)12-2-6-13(19)7-3-12/h2-9H,1H3,(H,21,22,23). The number of aromatic amines is 1. The van der Waals surface area contributed by atoms with Crippen molar-refractivity contribution in [2.24, 2.45) is 0 Å². The minimum Gasteiger partial charge on any atom is -0.497 e. The molecule has 3 aromatic rings. The van der Waals surface area contributed by atoms with Crippen LogP contribution in [0.15, 0.2) is 53.3 Å². The number of nitrogens with one attached hydrogen (secondary N) is 1. The number of benzene rings is 2. The van der Waals surface area contributed by atoms with Gasteiger partial charge in [-0.05, 0) is 48.5 Å². The summed E-state index contributed by atoms with van der Waals surface area (Å²) in [6.07, 6.45) is 0. The van der Waals surface area contributed by atoms with E-state index >= 15 is 0 Å². The molecule has 3 rings (SSSR count). The second-order valence-corrected chi connectivity index (χ2v) is 5.42. The zero-order valence-electron chi connectivity index (χ0n) is 12.7. The Bertz CT molecular complexity index is 971. The first-order valence-electron chi connectivity index (χ1n) is 7.07. The SMILES string of the molecule is COc1ccc(-c2nc(-c3ccc(Cl)cc3)[nH]c(=O)c2C#N)cc1. The van der Waals surface area contributed by atoms with Gasteiger partial charge in [0.2, 0.25) is 0 Å². The highest BCUT2D eigenvalue weighted by Gasteiger charge is 2.14. The normalized spacial score (nSPS) is 10.2. The first kappa shape index (κ1) is 15.8. The lowest BCUT2D eigenvalue weighted by Crippen LogP contribution is -2.15. The fourth-order valence-electron chi connectivity index (χ4n) is 2.28. The molecule has 0 radical (unpaired) electrons. The molecule has 0 amide bonds. The molecule has 6 heteroatoms. The first-order valence-corrected chi connectivity index (χ1v) is 7.45. The molecule has 0 aliphatic carbocycles. The quantitative estimate of drug-likeness (QED) is 0.791. The molecule has 1 N–H and O–H groups in total. The number of hydrogen-bond acceptors (Lipinski definition) is 4. The molecule has 0 saturated heterocycles. The average molecular weight is 338 g/mol. The predicted octanol–water partition coefficient (Wildman–Crippen LogP) is 3.64. The number of hydrogen-bond donors (Lipinski definition) is 1. The van der Waals surface area contributed by atoms with E-state index in [9.17, 15) is 10.1 Å². The van der Waals surface area contributed by atoms with Crippen LogP contribution in [0.1, 0.15) is 5.56 Å². The summed E-state index contributed by atoms with van der Waals surface area (Å²) in [5, 5.41) is 9.90. The molecule has 5 nitrogen and oxygen atoms in total. The van der Waals surface area contributed by atoms with Crippen molar-refractivity contribution in [3.63, 3.8) is 0 Å². The molecule has 0 unspecified atom stereocenters. The van der Waals surface area contributed by atoms with Gasteiger partial charge in [-0.2, -0.15) is 5.26 Å². The van der Waals surface area contributed by atoms with Gasteiger partial charge in [-0.25, -0.2) is 4.98 Å². The van der Waals surface area contributed by atoms with Crippen molar-refractivity contribution in [1.82, 2.24) is 9.97 Å². The van der Waals surface area contributed by atoms with Crippen LogP contribution in [0, 0.1) is 11.3 Å². The maximum absolute atomic E-state index is 12.3. The number of H-pyrrole nitrogens is 1. The molecular weight excluding hydrogens is 326 g/mol. The van der Waals surface area contributed by atoms with E-state index in [2.05, 4.69) is 9.97 Å². The van der Waals surface area contributed by atoms with Crippen molar-refractivity contribution in [2.45, 2.75) is 0 Å². The van der Waals surface area contributed by atoms with Gasteiger partial charge in [0.05, 0.1) is 12.8 Å². The van der Waals surface area contributed by atoms with Crippen LogP contribution in [-0.2, 0) is 0 Å². The van der Waals surface area contributed by atoms with Gasteiger partial charge in [0.25, 0.3) is 5.56 Å². The summed E-state index contributed by atoms with van der Waals surface area (Å²) in [6, 6.07) is 15.9. The van der Waals surface area contributed by atoms with Gasteiger partial charge in [0.15, 0.2) is 0 Å². The van der Waals surface area contributed by atoms with E-state index in [0.717, 1.165) is 0 Å². The van der Waals surface area contributed by atoms with Crippen molar-refractivity contribution in [1.29, 1.82) is 5.26 Å². The summed E-state index contributed by atoms with van der Waals surface area (Å²) in [6.45, 7) is 0. The van der Waals surface area contributed by atoms with Crippen molar-refractivity contribution in [2.75, 3.05) is 7.11 Å². The van der Waals surface area contributed by atoms with E-state index in [1.54, 1.807) is 55.6 Å². The molecule has 1 aromatic heterocycles. The van der Waals surface area contributed by atoms with Gasteiger partial charge >= 0.3 is 0 Å². The molecule has 0 saturated carbocycles. The third-order valence-electron chi connectivity index (χ3n) is 3.51. The van der Waals surface area contributed by atoms with Crippen LogP contribution in [0.2, 0.25) is 5.02 Å². The average Bonchev–Trinajstić information content (AvgIpc) is 2.61. The third kappa shape index (κ3) is 3.00. The van der Waals surface area contributed by atoms with Gasteiger partial charge in [0.1, 0.15) is 23.2 Å². The Morgan fingerprint density at radius 2 is 1.71 bits per heavy atom. The molecule has 118 valence electrons. The third-order valence-corrected chi connectivity index (χ3v) is 3.76. The molecule has 2 aromatic carbocycles. The summed E-state index contributed by atoms with van der Waals surface area (Å²) in [7, 11) is 1.57. The van der Waals surface area contributed by atoms with Gasteiger partial charge < -0.3 is 9.72 Å². The summed E-state index contributed by atoms with van der Waals surface area (Å²) in [5.74, 6) is 1.06. The minimum absolute atomic E-state index is 0.0297. The molecule has 0 spiro atoms. The van der Waals surface area contributed by atoms with Crippen LogP contribution in [-0.4, -0.2) is 17.1 Å². The van der Waals surface area contributed by atoms with Crippen molar-refractivity contribution < 1.29 is 4.74 Å². The highest BCUT2D eigenvalue weighted by atomic mass is 35.5. The zero-order chi connectivity index (χ0) is 17.1. The van der Waals surface area contributed by atoms with Gasteiger partial charge in [-0.1, -0.05) is 11.6 Å². The molecule has 0 aliphatic heterocycles. The maximum Gasteiger partial charge on any atom is 0.269 e. The van der Waals surface area contributed by atoms with Crippen LogP contribution < -0.4 is 10.3 Å². The van der Waals surface area contributed by atoms with Gasteiger partial charge in [-0.15, -0.1) is 0 Å². The summed E-state index contributed by atoms with van der Waals surface area (Å²) >= 11 is 5.89. The van der Waals surface area contributed by atoms with Crippen LogP contribution in [0.5, 0.6) is 5.75 Å². The van der Waals surface area contributed by atoms with Gasteiger partial charge in [0, 0.05) is 16.1 Å². The number of ether oxygens (including phenoxy) is 1. The zero-order valence-corrected chi connectivity index (χ0v) is 13.5. The summed E-state index contributed by atoms with van der Waals surface area (Å²) in [5.41, 5.74) is 1.18. The Labute approximate surface area is 143 Å². The Balaban J connectivity index is 2.18. The Hall–Kier alpha value is -3.10. The Morgan fingerprint density at radius 3 is 2.29 bits per heavy atom. The highest BCUT2D eigenvalue weighted by molar-refractivity contribution is 6.30. The van der Waals surface area contributed by atoms with E-state index in [1.165, 1.54) is 0 Å². The van der Waals surface area contributed by atoms with E-state index in [-0.39, 0.29) is 5.56 Å². The van der Waals surface area contributed by atoms with Gasteiger partial charge in [-0.3, -0.25) is 4.79 Å². The lowest BCUT2D eigenvalue weighted by Gasteiger charge is -2.08. The summed E-state index contributed by atoms with van der Waals surface area (Å²) < 4.78 is 5.12. The highest BCUT2D eigenvalue weighted by Crippen LogP contribution is 2.25. The predicted molar refractivity (Wildman–Crippen MR) is 92.0 cm³/mol. The maximum atomic E-state index is 12.3. The smallest absolute Gasteiger partial charge is 0.269 e. The van der Waals surface area contributed by atoms with Crippen LogP contribution in [0.25, 0.3) is 22.6 Å². The summed E-state index contributed by atoms with van der Waals surface area (Å²) in [4.78, 5) is 19.4. The fourth-order valence-corrected chi connectivity index (χ4v) is 2.41. The fraction of sp³-hybridized carbons (Fsp3) is 0.0556. The van der Waals surface area contributed by atoms with E-state index < -0.39 is 5.56 Å². The molecule has 1 heterocycles. The number of rotatable bonds is 3. The second-order valence-electron chi connectivity index (χ2n) is 4.99. The Kier molecular flexibility index (Phi) is 4.32.